The number of nitrogens with zero attached hydrogens (tertiary/aromatic N) is 2. The maximum Gasteiger partial charge on any atom is 0.221 e. The van der Waals surface area contributed by atoms with Crippen LogP contribution in [0.15, 0.2) is 52.0 Å². The summed E-state index contributed by atoms with van der Waals surface area (Å²) in [5.41, 5.74) is 1.57. The molecule has 1 aromatic heterocycles. The molecule has 0 aliphatic carbocycles. The maximum absolute atomic E-state index is 12.5. The molecule has 0 saturated heterocycles. The van der Waals surface area contributed by atoms with Crippen LogP contribution in [0.5, 0.6) is 0 Å². The molecule has 2 aromatic carbocycles. The summed E-state index contributed by atoms with van der Waals surface area (Å²) in [6.07, 6.45) is 0.504. The zero-order valence-corrected chi connectivity index (χ0v) is 15.3. The standard InChI is InChI=1S/C17H16ClN3O4S/c18-13-6-4-12(5-7-13)8-10-19-16(22)9-11-26(23,24)15-3-1-2-14-17(15)21-25-20-14/h1-7H,8-11H2,(H,19,22). The van der Waals surface area contributed by atoms with E-state index in [4.69, 9.17) is 11.6 Å². The molecule has 1 amide bonds. The van der Waals surface area contributed by atoms with Crippen LogP contribution in [0.25, 0.3) is 11.0 Å². The van der Waals surface area contributed by atoms with Gasteiger partial charge in [-0.2, -0.15) is 0 Å². The fourth-order valence-electron chi connectivity index (χ4n) is 2.46. The summed E-state index contributed by atoms with van der Waals surface area (Å²) in [7, 11) is -3.67. The Balaban J connectivity index is 1.53. The monoisotopic (exact) mass is 393 g/mol. The number of carbonyl (C=O) groups excluding carboxylic acids is 1. The van der Waals surface area contributed by atoms with Gasteiger partial charge in [0.15, 0.2) is 15.4 Å². The van der Waals surface area contributed by atoms with Gasteiger partial charge in [0.25, 0.3) is 0 Å². The molecule has 0 aliphatic heterocycles. The van der Waals surface area contributed by atoms with E-state index in [1.54, 1.807) is 24.3 Å². The smallest absolute Gasteiger partial charge is 0.221 e. The van der Waals surface area contributed by atoms with Crippen molar-refractivity contribution in [2.45, 2.75) is 17.7 Å². The lowest BCUT2D eigenvalue weighted by molar-refractivity contribution is -0.120. The molecular weight excluding hydrogens is 378 g/mol. The van der Waals surface area contributed by atoms with Crippen molar-refractivity contribution >= 4 is 38.4 Å². The Kier molecular flexibility index (Phi) is 5.53. The topological polar surface area (TPSA) is 102 Å². The van der Waals surface area contributed by atoms with Crippen molar-refractivity contribution in [2.75, 3.05) is 12.3 Å². The number of sulfone groups is 1. The van der Waals surface area contributed by atoms with Gasteiger partial charge in [0, 0.05) is 18.0 Å². The minimum Gasteiger partial charge on any atom is -0.356 e. The summed E-state index contributed by atoms with van der Waals surface area (Å²) in [5.74, 6) is -0.640. The number of halogens is 1. The number of amides is 1. The predicted octanol–water partition coefficient (Wildman–Crippen LogP) is 2.40. The van der Waals surface area contributed by atoms with Crippen LogP contribution in [-0.2, 0) is 21.1 Å². The number of rotatable bonds is 7. The van der Waals surface area contributed by atoms with E-state index in [1.165, 1.54) is 6.07 Å². The van der Waals surface area contributed by atoms with E-state index in [-0.39, 0.29) is 28.5 Å². The second-order valence-electron chi connectivity index (χ2n) is 5.68. The van der Waals surface area contributed by atoms with Gasteiger partial charge in [-0.25, -0.2) is 13.0 Å². The Bertz CT molecular complexity index is 1020. The number of aromatic nitrogens is 2. The first-order valence-electron chi connectivity index (χ1n) is 7.91. The maximum atomic E-state index is 12.5. The van der Waals surface area contributed by atoms with Gasteiger partial charge in [-0.3, -0.25) is 4.79 Å². The number of hydrogen-bond donors (Lipinski definition) is 1. The zero-order chi connectivity index (χ0) is 18.6. The molecule has 0 unspecified atom stereocenters. The second-order valence-corrected chi connectivity index (χ2v) is 8.20. The molecule has 0 fully saturated rings. The SMILES string of the molecule is O=C(CCS(=O)(=O)c1cccc2nonc12)NCCc1ccc(Cl)cc1. The Morgan fingerprint density at radius 2 is 1.88 bits per heavy atom. The van der Waals surface area contributed by atoms with Crippen LogP contribution < -0.4 is 5.32 Å². The Morgan fingerprint density at radius 3 is 2.65 bits per heavy atom. The molecule has 1 N–H and O–H groups in total. The van der Waals surface area contributed by atoms with E-state index in [9.17, 15) is 13.2 Å². The molecule has 26 heavy (non-hydrogen) atoms. The third kappa shape index (κ3) is 4.39. The van der Waals surface area contributed by atoms with E-state index in [2.05, 4.69) is 20.3 Å². The van der Waals surface area contributed by atoms with Crippen LogP contribution in [0, 0.1) is 0 Å². The minimum absolute atomic E-state index is 0.0187. The predicted molar refractivity (Wildman–Crippen MR) is 96.6 cm³/mol. The molecule has 3 aromatic rings. The quantitative estimate of drug-likeness (QED) is 0.661. The number of fused-ring (bicyclic) bond motifs is 1. The first kappa shape index (κ1) is 18.3. The lowest BCUT2D eigenvalue weighted by atomic mass is 10.1. The highest BCUT2D eigenvalue weighted by atomic mass is 35.5. The molecule has 0 radical (unpaired) electrons. The van der Waals surface area contributed by atoms with E-state index in [0.717, 1.165) is 5.56 Å². The molecule has 1 heterocycles. The fourth-order valence-corrected chi connectivity index (χ4v) is 3.98. The second kappa shape index (κ2) is 7.84. The number of carbonyl (C=O) groups is 1. The van der Waals surface area contributed by atoms with Crippen molar-refractivity contribution in [3.8, 4) is 0 Å². The van der Waals surface area contributed by atoms with Crippen LogP contribution in [-0.4, -0.2) is 36.9 Å². The molecule has 0 aliphatic rings. The number of hydrogen-bond acceptors (Lipinski definition) is 6. The third-order valence-electron chi connectivity index (χ3n) is 3.83. The van der Waals surface area contributed by atoms with Crippen molar-refractivity contribution in [1.29, 1.82) is 0 Å². The highest BCUT2D eigenvalue weighted by Crippen LogP contribution is 2.21. The summed E-state index contributed by atoms with van der Waals surface area (Å²) < 4.78 is 29.5. The summed E-state index contributed by atoms with van der Waals surface area (Å²) >= 11 is 5.82. The lowest BCUT2D eigenvalue weighted by Crippen LogP contribution is -2.27. The Hall–Kier alpha value is -2.45. The summed E-state index contributed by atoms with van der Waals surface area (Å²) in [4.78, 5) is 12.0. The summed E-state index contributed by atoms with van der Waals surface area (Å²) in [5, 5.41) is 10.6. The first-order valence-corrected chi connectivity index (χ1v) is 9.94. The van der Waals surface area contributed by atoms with Crippen LogP contribution >= 0.6 is 11.6 Å². The summed E-state index contributed by atoms with van der Waals surface area (Å²) in [6, 6.07) is 11.9. The average molecular weight is 394 g/mol. The highest BCUT2D eigenvalue weighted by Gasteiger charge is 2.21. The molecule has 7 nitrogen and oxygen atoms in total. The number of benzene rings is 2. The van der Waals surface area contributed by atoms with Crippen molar-refractivity contribution in [2.24, 2.45) is 0 Å². The molecule has 3 rings (SSSR count). The molecule has 136 valence electrons. The Morgan fingerprint density at radius 1 is 1.12 bits per heavy atom. The van der Waals surface area contributed by atoms with Gasteiger partial charge in [0.1, 0.15) is 5.52 Å². The zero-order valence-electron chi connectivity index (χ0n) is 13.7. The molecule has 0 bridgehead atoms. The van der Waals surface area contributed by atoms with E-state index < -0.39 is 9.84 Å². The van der Waals surface area contributed by atoms with Gasteiger partial charge in [-0.1, -0.05) is 29.8 Å². The van der Waals surface area contributed by atoms with Gasteiger partial charge in [-0.15, -0.1) is 0 Å². The fraction of sp³-hybridized carbons (Fsp3) is 0.235. The highest BCUT2D eigenvalue weighted by molar-refractivity contribution is 7.91. The van der Waals surface area contributed by atoms with E-state index in [1.807, 2.05) is 12.1 Å². The van der Waals surface area contributed by atoms with Crippen LogP contribution in [0.2, 0.25) is 5.02 Å². The first-order chi connectivity index (χ1) is 12.5. The molecule has 0 atom stereocenters. The molecule has 9 heteroatoms. The minimum atomic E-state index is -3.67. The van der Waals surface area contributed by atoms with Crippen LogP contribution in [0.3, 0.4) is 0 Å². The van der Waals surface area contributed by atoms with Gasteiger partial charge < -0.3 is 5.32 Å². The van der Waals surface area contributed by atoms with Gasteiger partial charge in [-0.05, 0) is 46.6 Å². The largest absolute Gasteiger partial charge is 0.356 e. The summed E-state index contributed by atoms with van der Waals surface area (Å²) in [6.45, 7) is 0.420. The molecule has 0 saturated carbocycles. The van der Waals surface area contributed by atoms with Crippen molar-refractivity contribution < 1.29 is 17.8 Å². The van der Waals surface area contributed by atoms with Gasteiger partial charge in [0.2, 0.25) is 5.91 Å². The Labute approximate surface area is 155 Å². The normalized spacial score (nSPS) is 11.6. The van der Waals surface area contributed by atoms with Crippen LogP contribution in [0.4, 0.5) is 0 Å². The molecular formula is C17H16ClN3O4S. The number of nitrogens with one attached hydrogen (secondary N) is 1. The van der Waals surface area contributed by atoms with Crippen molar-refractivity contribution in [3.05, 3.63) is 53.1 Å². The lowest BCUT2D eigenvalue weighted by Gasteiger charge is -2.07. The molecule has 0 spiro atoms. The van der Waals surface area contributed by atoms with Crippen molar-refractivity contribution in [1.82, 2.24) is 15.6 Å². The van der Waals surface area contributed by atoms with Crippen molar-refractivity contribution in [3.63, 3.8) is 0 Å². The van der Waals surface area contributed by atoms with E-state index >= 15 is 0 Å². The third-order valence-corrected chi connectivity index (χ3v) is 5.82. The van der Waals surface area contributed by atoms with Crippen LogP contribution in [0.1, 0.15) is 12.0 Å². The average Bonchev–Trinajstić information content (AvgIpc) is 3.10. The van der Waals surface area contributed by atoms with Gasteiger partial charge in [0.05, 0.1) is 10.6 Å². The van der Waals surface area contributed by atoms with Gasteiger partial charge >= 0.3 is 0 Å². The van der Waals surface area contributed by atoms with E-state index in [0.29, 0.717) is 23.5 Å².